The maximum Gasteiger partial charge on any atom is 0.246 e. The summed E-state index contributed by atoms with van der Waals surface area (Å²) in [5, 5.41) is 9.43. The van der Waals surface area contributed by atoms with Crippen molar-refractivity contribution in [3.63, 3.8) is 0 Å². The van der Waals surface area contributed by atoms with E-state index in [-0.39, 0.29) is 24.4 Å². The van der Waals surface area contributed by atoms with Gasteiger partial charge >= 0.3 is 0 Å². The minimum atomic E-state index is -0.320. The summed E-state index contributed by atoms with van der Waals surface area (Å²) in [5.74, 6) is -0.139. The molecule has 1 N–H and O–H groups in total. The Morgan fingerprint density at radius 3 is 3.05 bits per heavy atom. The van der Waals surface area contributed by atoms with Gasteiger partial charge in [0.05, 0.1) is 12.6 Å². The molecular formula is C16H20FNO2. The number of carbonyl (C=O) groups excluding carboxylic acids is 1. The fourth-order valence-corrected chi connectivity index (χ4v) is 2.67. The fraction of sp³-hybridized carbons (Fsp3) is 0.438. The van der Waals surface area contributed by atoms with E-state index in [9.17, 15) is 14.3 Å². The normalized spacial score (nSPS) is 23.2. The highest BCUT2D eigenvalue weighted by Gasteiger charge is 2.30. The van der Waals surface area contributed by atoms with Gasteiger partial charge in [0.25, 0.3) is 0 Å². The van der Waals surface area contributed by atoms with Crippen molar-refractivity contribution in [2.24, 2.45) is 5.92 Å². The SMILES string of the molecule is CC1CCCN(C(=O)/C=C/c2cccc(F)c2)C1CO. The van der Waals surface area contributed by atoms with Gasteiger partial charge < -0.3 is 10.0 Å². The van der Waals surface area contributed by atoms with Gasteiger partial charge in [0.2, 0.25) is 5.91 Å². The maximum atomic E-state index is 13.1. The molecule has 2 atom stereocenters. The Morgan fingerprint density at radius 1 is 1.55 bits per heavy atom. The van der Waals surface area contributed by atoms with E-state index in [1.165, 1.54) is 18.2 Å². The van der Waals surface area contributed by atoms with E-state index in [1.54, 1.807) is 23.1 Å². The Hall–Kier alpha value is -1.68. The minimum Gasteiger partial charge on any atom is -0.394 e. The number of amides is 1. The van der Waals surface area contributed by atoms with Crippen LogP contribution >= 0.6 is 0 Å². The molecule has 1 aromatic rings. The number of piperidine rings is 1. The van der Waals surface area contributed by atoms with Gasteiger partial charge in [-0.05, 0) is 42.5 Å². The number of likely N-dealkylation sites (tertiary alicyclic amines) is 1. The summed E-state index contributed by atoms with van der Waals surface area (Å²) in [6.07, 6.45) is 5.05. The first-order chi connectivity index (χ1) is 9.61. The van der Waals surface area contributed by atoms with Crippen molar-refractivity contribution in [2.75, 3.05) is 13.2 Å². The molecule has 108 valence electrons. The van der Waals surface area contributed by atoms with Crippen LogP contribution in [0.4, 0.5) is 4.39 Å². The lowest BCUT2D eigenvalue weighted by Crippen LogP contribution is -2.49. The Bertz CT molecular complexity index is 501. The van der Waals surface area contributed by atoms with E-state index in [2.05, 4.69) is 6.92 Å². The molecular weight excluding hydrogens is 257 g/mol. The predicted octanol–water partition coefficient (Wildman–Crippen LogP) is 2.46. The monoisotopic (exact) mass is 277 g/mol. The number of hydrogen-bond donors (Lipinski definition) is 1. The van der Waals surface area contributed by atoms with Crippen molar-refractivity contribution >= 4 is 12.0 Å². The maximum absolute atomic E-state index is 13.1. The average molecular weight is 277 g/mol. The summed E-state index contributed by atoms with van der Waals surface area (Å²) >= 11 is 0. The van der Waals surface area contributed by atoms with Crippen molar-refractivity contribution in [2.45, 2.75) is 25.8 Å². The summed E-state index contributed by atoms with van der Waals surface area (Å²) in [6.45, 7) is 2.71. The molecule has 0 spiro atoms. The molecule has 1 aromatic carbocycles. The van der Waals surface area contributed by atoms with Crippen molar-refractivity contribution in [3.05, 3.63) is 41.7 Å². The molecule has 0 saturated carbocycles. The van der Waals surface area contributed by atoms with Gasteiger partial charge in [0.15, 0.2) is 0 Å². The molecule has 1 fully saturated rings. The topological polar surface area (TPSA) is 40.5 Å². The second kappa shape index (κ2) is 6.66. The Morgan fingerprint density at radius 2 is 2.35 bits per heavy atom. The summed E-state index contributed by atoms with van der Waals surface area (Å²) in [6, 6.07) is 5.99. The molecule has 2 unspecified atom stereocenters. The van der Waals surface area contributed by atoms with E-state index in [0.29, 0.717) is 18.0 Å². The fourth-order valence-electron chi connectivity index (χ4n) is 2.67. The third-order valence-corrected chi connectivity index (χ3v) is 3.85. The Labute approximate surface area is 118 Å². The molecule has 0 aliphatic carbocycles. The summed E-state index contributed by atoms with van der Waals surface area (Å²) in [7, 11) is 0. The van der Waals surface area contributed by atoms with Crippen molar-refractivity contribution in [1.82, 2.24) is 4.90 Å². The average Bonchev–Trinajstić information content (AvgIpc) is 2.44. The van der Waals surface area contributed by atoms with E-state index < -0.39 is 0 Å². The van der Waals surface area contributed by atoms with Crippen LogP contribution in [0.2, 0.25) is 0 Å². The number of benzene rings is 1. The van der Waals surface area contributed by atoms with Crippen LogP contribution in [0.25, 0.3) is 6.08 Å². The van der Waals surface area contributed by atoms with Crippen LogP contribution < -0.4 is 0 Å². The standard InChI is InChI=1S/C16H20FNO2/c1-12-4-3-9-18(15(12)11-19)16(20)8-7-13-5-2-6-14(17)10-13/h2,5-8,10,12,15,19H,3-4,9,11H2,1H3/b8-7+. The van der Waals surface area contributed by atoms with Gasteiger partial charge in [-0.25, -0.2) is 4.39 Å². The van der Waals surface area contributed by atoms with E-state index >= 15 is 0 Å². The van der Waals surface area contributed by atoms with E-state index in [0.717, 1.165) is 12.8 Å². The number of carbonyl (C=O) groups is 1. The molecule has 0 aromatic heterocycles. The zero-order valence-electron chi connectivity index (χ0n) is 11.6. The second-order valence-corrected chi connectivity index (χ2v) is 5.29. The second-order valence-electron chi connectivity index (χ2n) is 5.29. The van der Waals surface area contributed by atoms with Crippen molar-refractivity contribution < 1.29 is 14.3 Å². The Balaban J connectivity index is 2.07. The summed E-state index contributed by atoms with van der Waals surface area (Å²) in [4.78, 5) is 13.9. The number of nitrogens with zero attached hydrogens (tertiary/aromatic N) is 1. The molecule has 2 rings (SSSR count). The van der Waals surface area contributed by atoms with Gasteiger partial charge in [-0.1, -0.05) is 19.1 Å². The molecule has 0 bridgehead atoms. The largest absolute Gasteiger partial charge is 0.394 e. The first-order valence-electron chi connectivity index (χ1n) is 6.97. The molecule has 4 heteroatoms. The van der Waals surface area contributed by atoms with Gasteiger partial charge in [-0.15, -0.1) is 0 Å². The van der Waals surface area contributed by atoms with Crippen molar-refractivity contribution in [3.8, 4) is 0 Å². The van der Waals surface area contributed by atoms with E-state index in [4.69, 9.17) is 0 Å². The number of rotatable bonds is 3. The lowest BCUT2D eigenvalue weighted by Gasteiger charge is -2.38. The summed E-state index contributed by atoms with van der Waals surface area (Å²) < 4.78 is 13.1. The highest BCUT2D eigenvalue weighted by atomic mass is 19.1. The first kappa shape index (κ1) is 14.7. The van der Waals surface area contributed by atoms with Crippen LogP contribution in [0.5, 0.6) is 0 Å². The van der Waals surface area contributed by atoms with Gasteiger partial charge in [0, 0.05) is 12.6 Å². The number of halogens is 1. The van der Waals surface area contributed by atoms with Crippen LogP contribution in [0.15, 0.2) is 30.3 Å². The first-order valence-corrected chi connectivity index (χ1v) is 6.97. The summed E-state index contributed by atoms with van der Waals surface area (Å²) in [5.41, 5.74) is 0.656. The molecule has 1 heterocycles. The number of hydrogen-bond acceptors (Lipinski definition) is 2. The van der Waals surface area contributed by atoms with Crippen molar-refractivity contribution in [1.29, 1.82) is 0 Å². The molecule has 1 aliphatic rings. The van der Waals surface area contributed by atoms with Crippen LogP contribution in [0.3, 0.4) is 0 Å². The minimum absolute atomic E-state index is 0.0132. The Kier molecular flexibility index (Phi) is 4.90. The molecule has 1 aliphatic heterocycles. The predicted molar refractivity (Wildman–Crippen MR) is 76.4 cm³/mol. The zero-order chi connectivity index (χ0) is 14.5. The lowest BCUT2D eigenvalue weighted by atomic mass is 9.91. The van der Waals surface area contributed by atoms with E-state index in [1.807, 2.05) is 0 Å². The molecule has 20 heavy (non-hydrogen) atoms. The molecule has 1 amide bonds. The third-order valence-electron chi connectivity index (χ3n) is 3.85. The van der Waals surface area contributed by atoms with Crippen LogP contribution in [0, 0.1) is 11.7 Å². The lowest BCUT2D eigenvalue weighted by molar-refractivity contribution is -0.132. The zero-order valence-corrected chi connectivity index (χ0v) is 11.6. The number of aliphatic hydroxyl groups excluding tert-OH is 1. The highest BCUT2D eigenvalue weighted by Crippen LogP contribution is 2.23. The van der Waals surface area contributed by atoms with Crippen LogP contribution in [0.1, 0.15) is 25.3 Å². The molecule has 1 saturated heterocycles. The van der Waals surface area contributed by atoms with Crippen LogP contribution in [-0.2, 0) is 4.79 Å². The molecule has 3 nitrogen and oxygen atoms in total. The van der Waals surface area contributed by atoms with Gasteiger partial charge in [-0.2, -0.15) is 0 Å². The number of aliphatic hydroxyl groups is 1. The van der Waals surface area contributed by atoms with Crippen LogP contribution in [-0.4, -0.2) is 35.1 Å². The molecule has 0 radical (unpaired) electrons. The van der Waals surface area contributed by atoms with Gasteiger partial charge in [-0.3, -0.25) is 4.79 Å². The highest BCUT2D eigenvalue weighted by molar-refractivity contribution is 5.92. The van der Waals surface area contributed by atoms with Gasteiger partial charge in [0.1, 0.15) is 5.82 Å². The quantitative estimate of drug-likeness (QED) is 0.862. The third kappa shape index (κ3) is 3.45. The smallest absolute Gasteiger partial charge is 0.246 e.